The van der Waals surface area contributed by atoms with Gasteiger partial charge in [0, 0.05) is 0 Å². The Morgan fingerprint density at radius 2 is 1.80 bits per heavy atom. The van der Waals surface area contributed by atoms with E-state index in [1.165, 1.54) is 0 Å². The van der Waals surface area contributed by atoms with Crippen molar-refractivity contribution < 1.29 is 113 Å². The topological polar surface area (TPSA) is 49.3 Å². The molecule has 0 spiro atoms. The maximum Gasteiger partial charge on any atom is 1.00 e. The number of carboxylic acids is 1. The molecule has 1 aliphatic heterocycles. The van der Waals surface area contributed by atoms with Crippen molar-refractivity contribution in [3.8, 4) is 0 Å². The first kappa shape index (κ1) is 19.4. The number of thioether (sulfide) groups is 1. The first-order chi connectivity index (χ1) is 8.74. The van der Waals surface area contributed by atoms with E-state index in [0.717, 1.165) is 16.1 Å². The monoisotopic (exact) mass is 333 g/mol. The Labute approximate surface area is 207 Å². The van der Waals surface area contributed by atoms with E-state index >= 15 is 0 Å². The number of benzene rings is 2. The molecule has 3 nitrogen and oxygen atoms in total. The molecule has 0 bridgehead atoms. The first-order valence-electron chi connectivity index (χ1n) is 5.43. The quantitative estimate of drug-likeness (QED) is 0.461. The van der Waals surface area contributed by atoms with E-state index in [9.17, 15) is 4.79 Å². The van der Waals surface area contributed by atoms with Gasteiger partial charge in [-0.3, -0.25) is 18.2 Å². The van der Waals surface area contributed by atoms with Crippen LogP contribution in [0.4, 0.5) is 5.69 Å². The van der Waals surface area contributed by atoms with Gasteiger partial charge in [0.1, 0.15) is 0 Å². The fourth-order valence-corrected chi connectivity index (χ4v) is 2.89. The number of nitrogens with one attached hydrogen (secondary N) is 1. The molecule has 6 heteroatoms. The molecule has 0 fully saturated rings. The summed E-state index contributed by atoms with van der Waals surface area (Å²) in [6.45, 7) is 0. The molecule has 3 rings (SSSR count). The zero-order chi connectivity index (χ0) is 12.5. The van der Waals surface area contributed by atoms with E-state index in [0.29, 0.717) is 5.56 Å². The van der Waals surface area contributed by atoms with E-state index in [1.807, 2.05) is 24.3 Å². The van der Waals surface area contributed by atoms with E-state index in [1.54, 1.807) is 23.9 Å². The molecule has 90 valence electrons. The Morgan fingerprint density at radius 3 is 2.40 bits per heavy atom. The zero-order valence-corrected chi connectivity index (χ0v) is 18.4. The maximum atomic E-state index is 10.8. The standard InChI is InChI=1S/C14H9NO2S.2K/c16-14(17)10-7-5-9(6-8-10)13-15-11-3-1-2-4-12(11)18-13;;/h1-2,5-8,13,15H,(H,16,17);;/q-2;2*+1. The van der Waals surface area contributed by atoms with Crippen LogP contribution in [0, 0.1) is 12.1 Å². The van der Waals surface area contributed by atoms with Crippen molar-refractivity contribution in [1.82, 2.24) is 0 Å². The molecule has 0 amide bonds. The van der Waals surface area contributed by atoms with E-state index in [4.69, 9.17) is 5.11 Å². The minimum atomic E-state index is -0.904. The van der Waals surface area contributed by atoms with E-state index in [-0.39, 0.29) is 108 Å². The van der Waals surface area contributed by atoms with Crippen molar-refractivity contribution in [2.75, 3.05) is 5.32 Å². The second-order valence-electron chi connectivity index (χ2n) is 3.90. The van der Waals surface area contributed by atoms with Crippen molar-refractivity contribution in [3.63, 3.8) is 0 Å². The summed E-state index contributed by atoms with van der Waals surface area (Å²) in [5, 5.41) is 12.3. The summed E-state index contributed by atoms with van der Waals surface area (Å²) in [4.78, 5) is 11.8. The molecule has 0 radical (unpaired) electrons. The molecule has 0 aromatic heterocycles. The van der Waals surface area contributed by atoms with Crippen LogP contribution in [-0.2, 0) is 0 Å². The first-order valence-corrected chi connectivity index (χ1v) is 6.31. The van der Waals surface area contributed by atoms with Crippen LogP contribution >= 0.6 is 11.8 Å². The van der Waals surface area contributed by atoms with Crippen molar-refractivity contribution >= 4 is 23.4 Å². The molecule has 1 heterocycles. The summed E-state index contributed by atoms with van der Waals surface area (Å²) in [7, 11) is 0. The van der Waals surface area contributed by atoms with Crippen LogP contribution in [0.2, 0.25) is 0 Å². The fraction of sp³-hybridized carbons (Fsp3) is 0.0714. The number of anilines is 1. The average Bonchev–Trinajstić information content (AvgIpc) is 2.82. The summed E-state index contributed by atoms with van der Waals surface area (Å²) < 4.78 is 0. The molecule has 1 unspecified atom stereocenters. The summed E-state index contributed by atoms with van der Waals surface area (Å²) in [5.74, 6) is -0.904. The van der Waals surface area contributed by atoms with Crippen molar-refractivity contribution in [2.24, 2.45) is 0 Å². The Kier molecular flexibility index (Phi) is 8.56. The van der Waals surface area contributed by atoms with Gasteiger partial charge in [-0.2, -0.15) is 22.3 Å². The van der Waals surface area contributed by atoms with Crippen LogP contribution in [0.3, 0.4) is 0 Å². The summed E-state index contributed by atoms with van der Waals surface area (Å²) in [5.41, 5.74) is 2.30. The fourth-order valence-electron chi connectivity index (χ4n) is 1.81. The van der Waals surface area contributed by atoms with Gasteiger partial charge in [0.15, 0.2) is 0 Å². The van der Waals surface area contributed by atoms with Gasteiger partial charge in [0.2, 0.25) is 0 Å². The number of fused-ring (bicyclic) bond motifs is 1. The number of aromatic carboxylic acids is 1. The smallest absolute Gasteiger partial charge is 0.478 e. The molecule has 1 aliphatic rings. The van der Waals surface area contributed by atoms with Gasteiger partial charge in [-0.25, -0.2) is 4.79 Å². The Balaban J connectivity index is 0.000001000. The number of carboxylic acid groups (broad SMARTS) is 1. The molecule has 0 saturated heterocycles. The third-order valence-electron chi connectivity index (χ3n) is 2.72. The molecule has 2 N–H and O–H groups in total. The van der Waals surface area contributed by atoms with Crippen LogP contribution in [0.15, 0.2) is 41.3 Å². The second kappa shape index (κ2) is 8.83. The summed E-state index contributed by atoms with van der Waals surface area (Å²) >= 11 is 1.66. The molecule has 1 atom stereocenters. The van der Waals surface area contributed by atoms with Gasteiger partial charge >= 0.3 is 109 Å². The molecule has 0 aliphatic carbocycles. The van der Waals surface area contributed by atoms with Crippen molar-refractivity contribution in [2.45, 2.75) is 10.3 Å². The average molecular weight is 333 g/mol. The third-order valence-corrected chi connectivity index (χ3v) is 3.91. The van der Waals surface area contributed by atoms with Crippen LogP contribution in [0.5, 0.6) is 0 Å². The number of carbonyl (C=O) groups is 1. The van der Waals surface area contributed by atoms with E-state index in [2.05, 4.69) is 17.4 Å². The summed E-state index contributed by atoms with van der Waals surface area (Å²) in [6.07, 6.45) is 0. The Bertz CT molecular complexity index is 579. The van der Waals surface area contributed by atoms with Crippen molar-refractivity contribution in [1.29, 1.82) is 0 Å². The SMILES string of the molecule is O=C(O)c1ccc(C2Nc3[c-]cc[c-]c3S2)cc1.[K+].[K+]. The Morgan fingerprint density at radius 1 is 1.15 bits per heavy atom. The van der Waals surface area contributed by atoms with Crippen LogP contribution in [0.1, 0.15) is 21.3 Å². The maximum absolute atomic E-state index is 10.8. The third kappa shape index (κ3) is 4.42. The molecule has 20 heavy (non-hydrogen) atoms. The zero-order valence-electron chi connectivity index (χ0n) is 11.3. The number of hydrogen-bond donors (Lipinski definition) is 2. The van der Waals surface area contributed by atoms with Crippen LogP contribution < -0.4 is 108 Å². The van der Waals surface area contributed by atoms with Gasteiger partial charge in [0.25, 0.3) is 0 Å². The van der Waals surface area contributed by atoms with Crippen LogP contribution in [-0.4, -0.2) is 11.1 Å². The minimum absolute atomic E-state index is 0. The van der Waals surface area contributed by atoms with Gasteiger partial charge in [-0.05, 0) is 17.7 Å². The largest absolute Gasteiger partial charge is 1.00 e. The van der Waals surface area contributed by atoms with Gasteiger partial charge in [-0.15, -0.1) is 0 Å². The molecule has 0 saturated carbocycles. The van der Waals surface area contributed by atoms with Crippen LogP contribution in [0.25, 0.3) is 0 Å². The van der Waals surface area contributed by atoms with Crippen molar-refractivity contribution in [3.05, 3.63) is 59.7 Å². The van der Waals surface area contributed by atoms with Gasteiger partial charge in [-0.1, -0.05) is 12.1 Å². The predicted octanol–water partition coefficient (Wildman–Crippen LogP) is -2.79. The van der Waals surface area contributed by atoms with Gasteiger partial charge in [0.05, 0.1) is 10.9 Å². The number of hydrogen-bond acceptors (Lipinski definition) is 3. The normalized spacial score (nSPS) is 15.3. The number of rotatable bonds is 2. The van der Waals surface area contributed by atoms with Gasteiger partial charge < -0.3 is 16.5 Å². The second-order valence-corrected chi connectivity index (χ2v) is 5.01. The Hall–Kier alpha value is 1.33. The molecular formula is C14H9K2NO2S. The van der Waals surface area contributed by atoms with E-state index < -0.39 is 5.97 Å². The summed E-state index contributed by atoms with van der Waals surface area (Å²) in [6, 6.07) is 16.8. The minimum Gasteiger partial charge on any atom is -0.478 e. The molecule has 2 aromatic rings. The molecular weight excluding hydrogens is 324 g/mol. The molecule has 2 aromatic carbocycles. The predicted molar refractivity (Wildman–Crippen MR) is 69.7 cm³/mol.